The second-order valence-corrected chi connectivity index (χ2v) is 4.30. The highest BCUT2D eigenvalue weighted by Gasteiger charge is 2.19. The van der Waals surface area contributed by atoms with Crippen LogP contribution in [0.2, 0.25) is 0 Å². The van der Waals surface area contributed by atoms with Gasteiger partial charge in [0.15, 0.2) is 5.82 Å². The molecule has 0 saturated carbocycles. The highest BCUT2D eigenvalue weighted by molar-refractivity contribution is 5.99. The maximum Gasteiger partial charge on any atom is 0.256 e. The molecule has 0 radical (unpaired) electrons. The number of aryl methyl sites for hydroxylation is 1. The Morgan fingerprint density at radius 1 is 1.55 bits per heavy atom. The van der Waals surface area contributed by atoms with Crippen LogP contribution in [0.25, 0.3) is 0 Å². The van der Waals surface area contributed by atoms with Gasteiger partial charge >= 0.3 is 0 Å². The fourth-order valence-corrected chi connectivity index (χ4v) is 1.80. The summed E-state index contributed by atoms with van der Waals surface area (Å²) in [5, 5.41) is 6.64. The van der Waals surface area contributed by atoms with Crippen molar-refractivity contribution in [3.63, 3.8) is 0 Å². The molecule has 8 heteroatoms. The third-order valence-corrected chi connectivity index (χ3v) is 2.76. The minimum atomic E-state index is -0.583. The molecule has 0 saturated heterocycles. The highest BCUT2D eigenvalue weighted by atomic mass is 19.1. The van der Waals surface area contributed by atoms with Crippen LogP contribution in [0.1, 0.15) is 22.0 Å². The first-order chi connectivity index (χ1) is 9.52. The Morgan fingerprint density at radius 3 is 2.90 bits per heavy atom. The molecule has 0 fully saturated rings. The summed E-state index contributed by atoms with van der Waals surface area (Å²) in [5.74, 6) is 5.44. The predicted molar refractivity (Wildman–Crippen MR) is 71.1 cm³/mol. The number of halogens is 1. The molecule has 1 amide bonds. The maximum absolute atomic E-state index is 13.6. The number of nitrogens with two attached hydrogens (primary N) is 1. The summed E-state index contributed by atoms with van der Waals surface area (Å²) in [4.78, 5) is 17.8. The number of para-hydroxylation sites is 1. The normalized spacial score (nSPS) is 10.4. The average Bonchev–Trinajstić information content (AvgIpc) is 2.82. The smallest absolute Gasteiger partial charge is 0.256 e. The SMILES string of the molecule is Cc1nc(CN(C)C(=O)c2cccc(F)c2NN)n[nH]1. The Bertz CT molecular complexity index is 626. The molecule has 0 bridgehead atoms. The van der Waals surface area contributed by atoms with Crippen LogP contribution in [-0.4, -0.2) is 33.0 Å². The topological polar surface area (TPSA) is 99.9 Å². The zero-order chi connectivity index (χ0) is 14.7. The highest BCUT2D eigenvalue weighted by Crippen LogP contribution is 2.20. The van der Waals surface area contributed by atoms with Crippen LogP contribution in [-0.2, 0) is 6.54 Å². The van der Waals surface area contributed by atoms with Crippen molar-refractivity contribution in [1.82, 2.24) is 20.1 Å². The van der Waals surface area contributed by atoms with Crippen LogP contribution in [0.4, 0.5) is 10.1 Å². The zero-order valence-corrected chi connectivity index (χ0v) is 11.1. The number of hydrogen-bond donors (Lipinski definition) is 3. The van der Waals surface area contributed by atoms with Crippen molar-refractivity contribution in [2.24, 2.45) is 5.84 Å². The van der Waals surface area contributed by atoms with Crippen LogP contribution in [0.3, 0.4) is 0 Å². The van der Waals surface area contributed by atoms with E-state index in [2.05, 4.69) is 20.6 Å². The van der Waals surface area contributed by atoms with Crippen molar-refractivity contribution in [1.29, 1.82) is 0 Å². The number of benzene rings is 1. The first-order valence-corrected chi connectivity index (χ1v) is 5.91. The van der Waals surface area contributed by atoms with Gasteiger partial charge in [-0.1, -0.05) is 6.07 Å². The lowest BCUT2D eigenvalue weighted by molar-refractivity contribution is 0.0782. The molecule has 2 rings (SSSR count). The lowest BCUT2D eigenvalue weighted by atomic mass is 10.1. The number of hydrogen-bond acceptors (Lipinski definition) is 5. The number of rotatable bonds is 4. The van der Waals surface area contributed by atoms with E-state index >= 15 is 0 Å². The van der Waals surface area contributed by atoms with Gasteiger partial charge in [0.2, 0.25) is 0 Å². The molecule has 0 atom stereocenters. The largest absolute Gasteiger partial charge is 0.334 e. The first-order valence-electron chi connectivity index (χ1n) is 5.91. The molecule has 1 heterocycles. The molecule has 20 heavy (non-hydrogen) atoms. The van der Waals surface area contributed by atoms with Gasteiger partial charge in [-0.3, -0.25) is 15.7 Å². The van der Waals surface area contributed by atoms with E-state index in [-0.39, 0.29) is 23.7 Å². The maximum atomic E-state index is 13.6. The van der Waals surface area contributed by atoms with Crippen molar-refractivity contribution in [2.75, 3.05) is 12.5 Å². The van der Waals surface area contributed by atoms with Crippen molar-refractivity contribution in [3.8, 4) is 0 Å². The van der Waals surface area contributed by atoms with E-state index in [0.717, 1.165) is 0 Å². The lowest BCUT2D eigenvalue weighted by Crippen LogP contribution is -2.28. The Morgan fingerprint density at radius 2 is 2.30 bits per heavy atom. The Hall–Kier alpha value is -2.48. The Balaban J connectivity index is 2.20. The van der Waals surface area contributed by atoms with E-state index < -0.39 is 5.82 Å². The van der Waals surface area contributed by atoms with Crippen molar-refractivity contribution >= 4 is 11.6 Å². The molecule has 1 aromatic carbocycles. The number of nitrogen functional groups attached to an aromatic ring is 1. The molecule has 7 nitrogen and oxygen atoms in total. The van der Waals surface area contributed by atoms with E-state index in [4.69, 9.17) is 5.84 Å². The van der Waals surface area contributed by atoms with Gasteiger partial charge in [-0.2, -0.15) is 5.10 Å². The average molecular weight is 278 g/mol. The third kappa shape index (κ3) is 2.75. The molecule has 0 aliphatic rings. The zero-order valence-electron chi connectivity index (χ0n) is 11.1. The fourth-order valence-electron chi connectivity index (χ4n) is 1.80. The van der Waals surface area contributed by atoms with Gasteiger partial charge in [0.25, 0.3) is 5.91 Å². The van der Waals surface area contributed by atoms with Gasteiger partial charge in [0, 0.05) is 7.05 Å². The molecule has 1 aromatic heterocycles. The Kier molecular flexibility index (Phi) is 3.94. The summed E-state index contributed by atoms with van der Waals surface area (Å²) in [6, 6.07) is 4.18. The van der Waals surface area contributed by atoms with E-state index in [1.54, 1.807) is 14.0 Å². The van der Waals surface area contributed by atoms with Gasteiger partial charge in [-0.15, -0.1) is 0 Å². The molecule has 0 aliphatic heterocycles. The molecule has 0 aliphatic carbocycles. The van der Waals surface area contributed by atoms with Crippen LogP contribution in [0.5, 0.6) is 0 Å². The van der Waals surface area contributed by atoms with Crippen LogP contribution in [0.15, 0.2) is 18.2 Å². The van der Waals surface area contributed by atoms with Crippen LogP contribution in [0, 0.1) is 12.7 Å². The van der Waals surface area contributed by atoms with E-state index in [1.165, 1.54) is 23.1 Å². The number of anilines is 1. The van der Waals surface area contributed by atoms with Crippen molar-refractivity contribution in [2.45, 2.75) is 13.5 Å². The molecule has 2 aromatic rings. The van der Waals surface area contributed by atoms with Crippen LogP contribution < -0.4 is 11.3 Å². The number of aromatic amines is 1. The van der Waals surface area contributed by atoms with Gasteiger partial charge in [0.05, 0.1) is 17.8 Å². The van der Waals surface area contributed by atoms with Gasteiger partial charge < -0.3 is 10.3 Å². The summed E-state index contributed by atoms with van der Waals surface area (Å²) in [5.41, 5.74) is 2.33. The number of nitrogens with zero attached hydrogens (tertiary/aromatic N) is 3. The predicted octanol–water partition coefficient (Wildman–Crippen LogP) is 0.810. The Labute approximate surface area is 115 Å². The first kappa shape index (κ1) is 13.9. The lowest BCUT2D eigenvalue weighted by Gasteiger charge is -2.17. The number of nitrogens with one attached hydrogen (secondary N) is 2. The number of H-pyrrole nitrogens is 1. The van der Waals surface area contributed by atoms with Crippen molar-refractivity contribution < 1.29 is 9.18 Å². The minimum Gasteiger partial charge on any atom is -0.334 e. The van der Waals surface area contributed by atoms with Gasteiger partial charge in [-0.25, -0.2) is 9.37 Å². The van der Waals surface area contributed by atoms with Gasteiger partial charge in [-0.05, 0) is 19.1 Å². The number of carbonyl (C=O) groups is 1. The van der Waals surface area contributed by atoms with E-state index in [0.29, 0.717) is 11.6 Å². The number of aromatic nitrogens is 3. The summed E-state index contributed by atoms with van der Waals surface area (Å²) in [6.45, 7) is 1.98. The summed E-state index contributed by atoms with van der Waals surface area (Å²) in [6.07, 6.45) is 0. The molecular formula is C12H15FN6O. The number of carbonyl (C=O) groups excluding carboxylic acids is 1. The molecule has 4 N–H and O–H groups in total. The molecule has 0 spiro atoms. The van der Waals surface area contributed by atoms with E-state index in [1.807, 2.05) is 0 Å². The van der Waals surface area contributed by atoms with Gasteiger partial charge in [0.1, 0.15) is 11.6 Å². The summed E-state index contributed by atoms with van der Waals surface area (Å²) >= 11 is 0. The minimum absolute atomic E-state index is 0.0319. The molecule has 106 valence electrons. The number of hydrazine groups is 1. The summed E-state index contributed by atoms with van der Waals surface area (Å²) in [7, 11) is 1.58. The second kappa shape index (κ2) is 5.66. The quantitative estimate of drug-likeness (QED) is 0.567. The van der Waals surface area contributed by atoms with Crippen LogP contribution >= 0.6 is 0 Å². The summed E-state index contributed by atoms with van der Waals surface area (Å²) < 4.78 is 13.6. The monoisotopic (exact) mass is 278 g/mol. The molecular weight excluding hydrogens is 263 g/mol. The van der Waals surface area contributed by atoms with Crippen molar-refractivity contribution in [3.05, 3.63) is 41.2 Å². The molecule has 0 unspecified atom stereocenters. The van der Waals surface area contributed by atoms with E-state index in [9.17, 15) is 9.18 Å². The second-order valence-electron chi connectivity index (χ2n) is 4.30. The third-order valence-electron chi connectivity index (χ3n) is 2.76. The standard InChI is InChI=1S/C12H15FN6O/c1-7-15-10(18-17-7)6-19(2)12(20)8-4-3-5-9(13)11(8)16-14/h3-5,16H,6,14H2,1-2H3,(H,15,17,18). The number of amides is 1. The fraction of sp³-hybridized carbons (Fsp3) is 0.250.